The number of nitrogens with zero attached hydrogens (tertiary/aromatic N) is 1. The van der Waals surface area contributed by atoms with Crippen LogP contribution in [0.25, 0.3) is 0 Å². The van der Waals surface area contributed by atoms with E-state index in [0.717, 1.165) is 5.56 Å². The van der Waals surface area contributed by atoms with Gasteiger partial charge < -0.3 is 14.2 Å². The van der Waals surface area contributed by atoms with Crippen molar-refractivity contribution in [1.82, 2.24) is 5.43 Å². The molecule has 0 atom stereocenters. The predicted molar refractivity (Wildman–Crippen MR) is 101 cm³/mol. The average Bonchev–Trinajstić information content (AvgIpc) is 2.66. The zero-order chi connectivity index (χ0) is 18.8. The van der Waals surface area contributed by atoms with Crippen molar-refractivity contribution in [1.29, 1.82) is 0 Å². The van der Waals surface area contributed by atoms with Gasteiger partial charge in [0.25, 0.3) is 5.91 Å². The lowest BCUT2D eigenvalue weighted by Crippen LogP contribution is -2.24. The van der Waals surface area contributed by atoms with Crippen LogP contribution in [0.1, 0.15) is 5.56 Å². The third-order valence-corrected chi connectivity index (χ3v) is 3.45. The second-order valence-electron chi connectivity index (χ2n) is 5.02. The number of rotatable bonds is 9. The number of methoxy groups -OCH3 is 1. The minimum Gasteiger partial charge on any atom is -0.493 e. The Labute approximate surface area is 157 Å². The van der Waals surface area contributed by atoms with Crippen LogP contribution >= 0.6 is 11.6 Å². The summed E-state index contributed by atoms with van der Waals surface area (Å²) in [5.41, 5.74) is 3.12. The zero-order valence-electron chi connectivity index (χ0n) is 14.3. The van der Waals surface area contributed by atoms with Gasteiger partial charge in [-0.05, 0) is 35.9 Å². The average molecular weight is 375 g/mol. The first kappa shape index (κ1) is 19.3. The number of amides is 1. The van der Waals surface area contributed by atoms with Gasteiger partial charge in [-0.25, -0.2) is 5.43 Å². The molecule has 136 valence electrons. The number of carbonyl (C=O) groups is 1. The second kappa shape index (κ2) is 10.1. The Morgan fingerprint density at radius 1 is 1.19 bits per heavy atom. The van der Waals surface area contributed by atoms with Crippen molar-refractivity contribution in [2.45, 2.75) is 0 Å². The molecule has 0 aliphatic carbocycles. The number of nitrogens with one attached hydrogen (secondary N) is 1. The molecule has 0 radical (unpaired) electrons. The number of ether oxygens (including phenoxy) is 3. The number of benzene rings is 2. The maximum atomic E-state index is 11.8. The lowest BCUT2D eigenvalue weighted by Gasteiger charge is -2.09. The Hall–Kier alpha value is -2.99. The molecule has 26 heavy (non-hydrogen) atoms. The topological polar surface area (TPSA) is 69.2 Å². The molecule has 0 bridgehead atoms. The number of halogens is 1. The van der Waals surface area contributed by atoms with Crippen molar-refractivity contribution < 1.29 is 19.0 Å². The van der Waals surface area contributed by atoms with E-state index in [1.165, 1.54) is 6.21 Å². The molecule has 0 saturated carbocycles. The normalized spacial score (nSPS) is 10.4. The maximum Gasteiger partial charge on any atom is 0.277 e. The molecule has 0 unspecified atom stereocenters. The molecule has 6 nitrogen and oxygen atoms in total. The summed E-state index contributed by atoms with van der Waals surface area (Å²) in [6.07, 6.45) is 3.14. The van der Waals surface area contributed by atoms with Gasteiger partial charge in [0.05, 0.1) is 18.3 Å². The van der Waals surface area contributed by atoms with E-state index >= 15 is 0 Å². The second-order valence-corrected chi connectivity index (χ2v) is 5.43. The van der Waals surface area contributed by atoms with E-state index in [2.05, 4.69) is 17.1 Å². The summed E-state index contributed by atoms with van der Waals surface area (Å²) in [5, 5.41) is 4.33. The molecule has 2 rings (SSSR count). The molecule has 0 aliphatic rings. The first-order valence-corrected chi connectivity index (χ1v) is 8.12. The van der Waals surface area contributed by atoms with Crippen LogP contribution in [0.4, 0.5) is 0 Å². The van der Waals surface area contributed by atoms with E-state index in [9.17, 15) is 4.79 Å². The molecule has 7 heteroatoms. The fraction of sp³-hybridized carbons (Fsp3) is 0.158. The largest absolute Gasteiger partial charge is 0.493 e. The summed E-state index contributed by atoms with van der Waals surface area (Å²) >= 11 is 5.95. The Morgan fingerprint density at radius 3 is 2.73 bits per heavy atom. The molecular formula is C19H19ClN2O4. The van der Waals surface area contributed by atoms with Gasteiger partial charge in [-0.15, -0.1) is 0 Å². The van der Waals surface area contributed by atoms with Gasteiger partial charge >= 0.3 is 0 Å². The highest BCUT2D eigenvalue weighted by molar-refractivity contribution is 6.32. The molecule has 0 aliphatic heterocycles. The minimum atomic E-state index is -0.404. The van der Waals surface area contributed by atoms with Crippen LogP contribution in [0.5, 0.6) is 17.2 Å². The molecule has 1 N–H and O–H groups in total. The smallest absolute Gasteiger partial charge is 0.277 e. The lowest BCUT2D eigenvalue weighted by molar-refractivity contribution is -0.123. The van der Waals surface area contributed by atoms with Gasteiger partial charge in [0.2, 0.25) is 0 Å². The Bertz CT molecular complexity index is 793. The van der Waals surface area contributed by atoms with Gasteiger partial charge in [-0.2, -0.15) is 5.10 Å². The Morgan fingerprint density at radius 2 is 2.00 bits per heavy atom. The molecule has 2 aromatic rings. The first-order chi connectivity index (χ1) is 12.6. The molecular weight excluding hydrogens is 356 g/mol. The van der Waals surface area contributed by atoms with E-state index in [4.69, 9.17) is 25.8 Å². The first-order valence-electron chi connectivity index (χ1n) is 7.75. The van der Waals surface area contributed by atoms with Crippen molar-refractivity contribution in [2.24, 2.45) is 5.10 Å². The molecule has 2 aromatic carbocycles. The van der Waals surface area contributed by atoms with Crippen molar-refractivity contribution in [3.63, 3.8) is 0 Å². The number of hydrogen-bond donors (Lipinski definition) is 1. The summed E-state index contributed by atoms with van der Waals surface area (Å²) < 4.78 is 16.1. The number of carbonyl (C=O) groups excluding carboxylic acids is 1. The van der Waals surface area contributed by atoms with E-state index in [1.807, 2.05) is 0 Å². The summed E-state index contributed by atoms with van der Waals surface area (Å²) in [6, 6.07) is 12.2. The Kier molecular flexibility index (Phi) is 7.51. The van der Waals surface area contributed by atoms with Crippen molar-refractivity contribution >= 4 is 23.7 Å². The highest BCUT2D eigenvalue weighted by Crippen LogP contribution is 2.27. The summed E-state index contributed by atoms with van der Waals surface area (Å²) in [5.74, 6) is 1.19. The van der Waals surface area contributed by atoms with E-state index < -0.39 is 5.91 Å². The van der Waals surface area contributed by atoms with Crippen LogP contribution in [0.15, 0.2) is 60.2 Å². The highest BCUT2D eigenvalue weighted by atomic mass is 35.5. The van der Waals surface area contributed by atoms with Crippen molar-refractivity contribution in [2.75, 3.05) is 20.3 Å². The number of hydrazone groups is 1. The minimum absolute atomic E-state index is 0.196. The van der Waals surface area contributed by atoms with Gasteiger partial charge in [-0.1, -0.05) is 36.4 Å². The zero-order valence-corrected chi connectivity index (χ0v) is 15.0. The fourth-order valence-electron chi connectivity index (χ4n) is 1.95. The molecule has 1 amide bonds. The lowest BCUT2D eigenvalue weighted by atomic mass is 10.2. The van der Waals surface area contributed by atoms with Crippen LogP contribution in [0.3, 0.4) is 0 Å². The molecule has 0 heterocycles. The van der Waals surface area contributed by atoms with Crippen LogP contribution in [-0.2, 0) is 4.79 Å². The van der Waals surface area contributed by atoms with Crippen molar-refractivity contribution in [3.05, 3.63) is 65.7 Å². The molecule has 0 aromatic heterocycles. The third-order valence-electron chi connectivity index (χ3n) is 3.14. The third kappa shape index (κ3) is 5.82. The molecule has 0 spiro atoms. The highest BCUT2D eigenvalue weighted by Gasteiger charge is 2.06. The van der Waals surface area contributed by atoms with Crippen LogP contribution in [-0.4, -0.2) is 32.4 Å². The van der Waals surface area contributed by atoms with E-state index in [-0.39, 0.29) is 6.61 Å². The monoisotopic (exact) mass is 374 g/mol. The van der Waals surface area contributed by atoms with Gasteiger partial charge in [0, 0.05) is 0 Å². The molecule has 0 saturated heterocycles. The van der Waals surface area contributed by atoms with Gasteiger partial charge in [-0.3, -0.25) is 4.79 Å². The fourth-order valence-corrected chi connectivity index (χ4v) is 2.14. The summed E-state index contributed by atoms with van der Waals surface area (Å²) in [6.45, 7) is 3.78. The predicted octanol–water partition coefficient (Wildman–Crippen LogP) is 3.44. The van der Waals surface area contributed by atoms with Gasteiger partial charge in [0.1, 0.15) is 12.4 Å². The standard InChI is InChI=1S/C19H19ClN2O4/c1-3-10-25-17-9-8-14(11-18(17)24-2)12-21-22-19(23)13-26-16-7-5-4-6-15(16)20/h3-9,11-12H,1,10,13H2,2H3,(H,22,23)/b21-12+. The van der Waals surface area contributed by atoms with Crippen LogP contribution < -0.4 is 19.6 Å². The number of para-hydroxylation sites is 1. The Balaban J connectivity index is 1.88. The van der Waals surface area contributed by atoms with Gasteiger partial charge in [0.15, 0.2) is 18.1 Å². The molecule has 0 fully saturated rings. The van der Waals surface area contributed by atoms with Crippen LogP contribution in [0.2, 0.25) is 5.02 Å². The van der Waals surface area contributed by atoms with E-state index in [0.29, 0.717) is 28.9 Å². The summed E-state index contributed by atoms with van der Waals surface area (Å²) in [7, 11) is 1.55. The summed E-state index contributed by atoms with van der Waals surface area (Å²) in [4.78, 5) is 11.8. The number of hydrogen-bond acceptors (Lipinski definition) is 5. The quantitative estimate of drug-likeness (QED) is 0.414. The maximum absolute atomic E-state index is 11.8. The van der Waals surface area contributed by atoms with Crippen molar-refractivity contribution in [3.8, 4) is 17.2 Å². The van der Waals surface area contributed by atoms with Crippen LogP contribution in [0, 0.1) is 0 Å². The SMILES string of the molecule is C=CCOc1ccc(/C=N/NC(=O)COc2ccccc2Cl)cc1OC. The van der Waals surface area contributed by atoms with E-state index in [1.54, 1.807) is 55.7 Å².